The summed E-state index contributed by atoms with van der Waals surface area (Å²) in [6.45, 7) is 1.88. The molecule has 1 amide bonds. The smallest absolute Gasteiger partial charge is 0.331 e. The monoisotopic (exact) mass is 469 g/mol. The first-order chi connectivity index (χ1) is 14.4. The second-order valence-corrected chi connectivity index (χ2v) is 8.70. The summed E-state index contributed by atoms with van der Waals surface area (Å²) < 4.78 is 3.57. The molecule has 1 saturated carbocycles. The molecule has 2 aromatic carbocycles. The Morgan fingerprint density at radius 1 is 1.03 bits per heavy atom. The van der Waals surface area contributed by atoms with Gasteiger partial charge in [0.05, 0.1) is 16.4 Å². The Labute approximate surface area is 182 Å². The van der Waals surface area contributed by atoms with Crippen molar-refractivity contribution in [2.24, 2.45) is 0 Å². The minimum atomic E-state index is -0.458. The normalized spacial score (nSPS) is 15.4. The first-order valence-corrected chi connectivity index (χ1v) is 11.0. The summed E-state index contributed by atoms with van der Waals surface area (Å²) in [4.78, 5) is 38.7. The molecule has 1 aliphatic carbocycles. The first-order valence-electron chi connectivity index (χ1n) is 10.2. The van der Waals surface area contributed by atoms with Crippen LogP contribution < -0.4 is 16.6 Å². The first kappa shape index (κ1) is 20.6. The summed E-state index contributed by atoms with van der Waals surface area (Å²) in [6, 6.07) is 15.0. The van der Waals surface area contributed by atoms with E-state index in [0.717, 1.165) is 35.7 Å². The van der Waals surface area contributed by atoms with Crippen LogP contribution in [0.3, 0.4) is 0 Å². The Balaban J connectivity index is 1.70. The number of carbonyl (C=O) groups is 1. The van der Waals surface area contributed by atoms with Gasteiger partial charge in [-0.15, -0.1) is 0 Å². The van der Waals surface area contributed by atoms with E-state index >= 15 is 0 Å². The van der Waals surface area contributed by atoms with Crippen LogP contribution in [-0.4, -0.2) is 15.0 Å². The van der Waals surface area contributed by atoms with Gasteiger partial charge < -0.3 is 5.32 Å². The lowest BCUT2D eigenvalue weighted by molar-refractivity contribution is -0.123. The maximum atomic E-state index is 13.1. The Morgan fingerprint density at radius 2 is 1.70 bits per heavy atom. The minimum absolute atomic E-state index is 0.127. The highest BCUT2D eigenvalue weighted by Gasteiger charge is 2.37. The minimum Gasteiger partial charge on any atom is -0.345 e. The van der Waals surface area contributed by atoms with Crippen molar-refractivity contribution in [1.29, 1.82) is 0 Å². The third-order valence-corrected chi connectivity index (χ3v) is 6.51. The molecule has 0 radical (unpaired) electrons. The zero-order chi connectivity index (χ0) is 21.3. The van der Waals surface area contributed by atoms with Crippen molar-refractivity contribution in [1.82, 2.24) is 14.5 Å². The van der Waals surface area contributed by atoms with Crippen LogP contribution in [0.5, 0.6) is 0 Å². The molecular weight excluding hydrogens is 446 g/mol. The molecule has 0 saturated heterocycles. The van der Waals surface area contributed by atoms with E-state index < -0.39 is 11.2 Å². The molecule has 1 aromatic heterocycles. The predicted molar refractivity (Wildman–Crippen MR) is 121 cm³/mol. The van der Waals surface area contributed by atoms with Gasteiger partial charge in [-0.2, -0.15) is 0 Å². The third kappa shape index (κ3) is 3.62. The van der Waals surface area contributed by atoms with Crippen molar-refractivity contribution in [3.63, 3.8) is 0 Å². The highest BCUT2D eigenvalue weighted by atomic mass is 79.9. The van der Waals surface area contributed by atoms with Crippen LogP contribution in [0.2, 0.25) is 0 Å². The lowest BCUT2D eigenvalue weighted by atomic mass is 9.88. The van der Waals surface area contributed by atoms with Crippen molar-refractivity contribution >= 4 is 32.7 Å². The molecule has 1 heterocycles. The molecule has 4 rings (SSSR count). The van der Waals surface area contributed by atoms with E-state index in [4.69, 9.17) is 0 Å². The Bertz CT molecular complexity index is 1210. The molecular formula is C23H24BrN3O3. The van der Waals surface area contributed by atoms with Crippen molar-refractivity contribution in [3.05, 3.63) is 79.4 Å². The van der Waals surface area contributed by atoms with Gasteiger partial charge in [-0.1, -0.05) is 53.0 Å². The summed E-state index contributed by atoms with van der Waals surface area (Å²) in [5.41, 5.74) is 0.359. The van der Waals surface area contributed by atoms with Crippen LogP contribution in [0.15, 0.2) is 62.6 Å². The van der Waals surface area contributed by atoms with Gasteiger partial charge in [0.25, 0.3) is 5.56 Å². The highest BCUT2D eigenvalue weighted by molar-refractivity contribution is 9.10. The molecule has 0 spiro atoms. The molecule has 1 N–H and O–H groups in total. The number of nitrogens with one attached hydrogen (secondary N) is 1. The second-order valence-electron chi connectivity index (χ2n) is 7.78. The molecule has 6 nitrogen and oxygen atoms in total. The van der Waals surface area contributed by atoms with Crippen LogP contribution in [0.4, 0.5) is 0 Å². The fourth-order valence-corrected chi connectivity index (χ4v) is 4.75. The molecule has 0 atom stereocenters. The number of hydrogen-bond donors (Lipinski definition) is 1. The maximum absolute atomic E-state index is 13.1. The van der Waals surface area contributed by atoms with Crippen molar-refractivity contribution in [2.45, 2.75) is 51.2 Å². The fraction of sp³-hybridized carbons (Fsp3) is 0.348. The number of amides is 1. The fourth-order valence-electron chi connectivity index (χ4n) is 4.49. The second kappa shape index (κ2) is 8.22. The molecule has 156 valence electrons. The molecule has 0 bridgehead atoms. The van der Waals surface area contributed by atoms with E-state index in [1.165, 1.54) is 9.13 Å². The van der Waals surface area contributed by atoms with Gasteiger partial charge in [0.1, 0.15) is 6.54 Å². The Kier molecular flexibility index (Phi) is 5.64. The quantitative estimate of drug-likeness (QED) is 0.620. The van der Waals surface area contributed by atoms with Crippen LogP contribution in [0, 0.1) is 0 Å². The maximum Gasteiger partial charge on any atom is 0.331 e. The van der Waals surface area contributed by atoms with E-state index in [2.05, 4.69) is 21.2 Å². The van der Waals surface area contributed by atoms with E-state index in [9.17, 15) is 14.4 Å². The number of halogens is 1. The van der Waals surface area contributed by atoms with Crippen molar-refractivity contribution in [2.75, 3.05) is 0 Å². The molecule has 7 heteroatoms. The molecule has 1 aliphatic rings. The van der Waals surface area contributed by atoms with Gasteiger partial charge in [0.15, 0.2) is 0 Å². The molecule has 1 fully saturated rings. The lowest BCUT2D eigenvalue weighted by Crippen LogP contribution is -2.47. The SMILES string of the molecule is CCn1c(=O)c2ccccc2n(CC(=O)NC2(c3ccc(Br)cc3)CCCC2)c1=O. The molecule has 0 unspecified atom stereocenters. The summed E-state index contributed by atoms with van der Waals surface area (Å²) in [5, 5.41) is 3.66. The average molecular weight is 470 g/mol. The number of benzene rings is 2. The lowest BCUT2D eigenvalue weighted by Gasteiger charge is -2.31. The standard InChI is InChI=1S/C23H24BrN3O3/c1-2-26-21(29)18-7-3-4-8-19(18)27(22(26)30)15-20(28)25-23(13-5-6-14-23)16-9-11-17(24)12-10-16/h3-4,7-12H,2,5-6,13-15H2,1H3,(H,25,28). The zero-order valence-electron chi connectivity index (χ0n) is 16.9. The predicted octanol–water partition coefficient (Wildman–Crippen LogP) is 3.53. The Hall–Kier alpha value is -2.67. The van der Waals surface area contributed by atoms with Crippen LogP contribution in [0.25, 0.3) is 10.9 Å². The largest absolute Gasteiger partial charge is 0.345 e. The van der Waals surface area contributed by atoms with E-state index in [-0.39, 0.29) is 24.6 Å². The summed E-state index contributed by atoms with van der Waals surface area (Å²) in [6.07, 6.45) is 3.81. The highest BCUT2D eigenvalue weighted by Crippen LogP contribution is 2.39. The molecule has 0 aliphatic heterocycles. The summed E-state index contributed by atoms with van der Waals surface area (Å²) in [7, 11) is 0. The summed E-state index contributed by atoms with van der Waals surface area (Å²) in [5.74, 6) is -0.228. The van der Waals surface area contributed by atoms with Gasteiger partial charge in [0.2, 0.25) is 5.91 Å². The molecule has 3 aromatic rings. The van der Waals surface area contributed by atoms with Crippen molar-refractivity contribution < 1.29 is 4.79 Å². The molecule has 30 heavy (non-hydrogen) atoms. The van der Waals surface area contributed by atoms with Crippen LogP contribution >= 0.6 is 15.9 Å². The van der Waals surface area contributed by atoms with Gasteiger partial charge >= 0.3 is 5.69 Å². The van der Waals surface area contributed by atoms with E-state index in [1.54, 1.807) is 31.2 Å². The summed E-state index contributed by atoms with van der Waals surface area (Å²) >= 11 is 3.46. The number of carbonyl (C=O) groups excluding carboxylic acids is 1. The van der Waals surface area contributed by atoms with E-state index in [0.29, 0.717) is 10.9 Å². The number of hydrogen-bond acceptors (Lipinski definition) is 3. The van der Waals surface area contributed by atoms with Gasteiger partial charge in [-0.05, 0) is 49.6 Å². The number of aromatic nitrogens is 2. The number of nitrogens with zero attached hydrogens (tertiary/aromatic N) is 2. The number of para-hydroxylation sites is 1. The number of rotatable bonds is 5. The van der Waals surface area contributed by atoms with Crippen LogP contribution in [-0.2, 0) is 23.4 Å². The van der Waals surface area contributed by atoms with Gasteiger partial charge in [0, 0.05) is 11.0 Å². The topological polar surface area (TPSA) is 73.1 Å². The number of fused-ring (bicyclic) bond motifs is 1. The third-order valence-electron chi connectivity index (χ3n) is 5.98. The van der Waals surface area contributed by atoms with Gasteiger partial charge in [-0.3, -0.25) is 18.7 Å². The van der Waals surface area contributed by atoms with Crippen molar-refractivity contribution in [3.8, 4) is 0 Å². The average Bonchev–Trinajstić information content (AvgIpc) is 3.21. The Morgan fingerprint density at radius 3 is 2.37 bits per heavy atom. The van der Waals surface area contributed by atoms with Crippen LogP contribution in [0.1, 0.15) is 38.2 Å². The zero-order valence-corrected chi connectivity index (χ0v) is 18.4. The van der Waals surface area contributed by atoms with E-state index in [1.807, 2.05) is 24.3 Å². The van der Waals surface area contributed by atoms with Gasteiger partial charge in [-0.25, -0.2) is 4.79 Å².